The fourth-order valence-corrected chi connectivity index (χ4v) is 2.16. The number of benzene rings is 2. The third-order valence-electron chi connectivity index (χ3n) is 3.34. The highest BCUT2D eigenvalue weighted by Crippen LogP contribution is 2.14. The summed E-state index contributed by atoms with van der Waals surface area (Å²) in [5.74, 6) is -0.521. The minimum absolute atomic E-state index is 0.128. The zero-order valence-electron chi connectivity index (χ0n) is 11.5. The molecule has 2 aromatic carbocycles. The van der Waals surface area contributed by atoms with Gasteiger partial charge in [-0.2, -0.15) is 0 Å². The second kappa shape index (κ2) is 5.28. The lowest BCUT2D eigenvalue weighted by Crippen LogP contribution is -2.22. The van der Waals surface area contributed by atoms with Gasteiger partial charge >= 0.3 is 5.76 Å². The zero-order valence-corrected chi connectivity index (χ0v) is 11.5. The summed E-state index contributed by atoms with van der Waals surface area (Å²) in [5.41, 5.74) is 2.78. The predicted molar refractivity (Wildman–Crippen MR) is 79.1 cm³/mol. The van der Waals surface area contributed by atoms with Gasteiger partial charge in [-0.15, -0.1) is 0 Å². The topological polar surface area (TPSA) is 64.2 Å². The highest BCUT2D eigenvalue weighted by molar-refractivity contribution is 5.94. The van der Waals surface area contributed by atoms with E-state index in [1.807, 2.05) is 30.3 Å². The van der Waals surface area contributed by atoms with Crippen LogP contribution in [0.3, 0.4) is 0 Å². The first-order valence-electron chi connectivity index (χ1n) is 6.57. The Hall–Kier alpha value is -2.82. The van der Waals surface area contributed by atoms with Crippen molar-refractivity contribution in [3.05, 3.63) is 70.2 Å². The molecule has 1 aromatic heterocycles. The summed E-state index contributed by atoms with van der Waals surface area (Å²) in [4.78, 5) is 23.4. The lowest BCUT2D eigenvalue weighted by molar-refractivity contribution is 0.0951. The summed E-state index contributed by atoms with van der Waals surface area (Å²) in [6.07, 6.45) is 0. The number of fused-ring (bicyclic) bond motifs is 1. The highest BCUT2D eigenvalue weighted by atomic mass is 16.4. The van der Waals surface area contributed by atoms with Crippen LogP contribution in [0.1, 0.15) is 15.9 Å². The number of rotatable bonds is 3. The van der Waals surface area contributed by atoms with E-state index in [0.717, 1.165) is 5.56 Å². The van der Waals surface area contributed by atoms with Gasteiger partial charge in [-0.3, -0.25) is 9.36 Å². The molecule has 0 atom stereocenters. The van der Waals surface area contributed by atoms with Crippen LogP contribution in [0.15, 0.2) is 57.7 Å². The molecule has 0 unspecified atom stereocenters. The molecular formula is C16H14N2O3. The number of oxazole rings is 1. The van der Waals surface area contributed by atoms with Gasteiger partial charge in [-0.1, -0.05) is 24.3 Å². The standard InChI is InChI=1S/C16H14N2O3/c1-18-13-9-11(7-8-14(13)21-16(18)20)10-17-15(19)12-5-3-2-4-6-12/h2-9H,10H2,1H3,(H,17,19). The van der Waals surface area contributed by atoms with Crippen molar-refractivity contribution in [1.29, 1.82) is 0 Å². The van der Waals surface area contributed by atoms with Crippen LogP contribution in [-0.4, -0.2) is 10.5 Å². The summed E-state index contributed by atoms with van der Waals surface area (Å²) in [5, 5.41) is 2.85. The quantitative estimate of drug-likeness (QED) is 0.799. The fraction of sp³-hybridized carbons (Fsp3) is 0.125. The average molecular weight is 282 g/mol. The smallest absolute Gasteiger partial charge is 0.408 e. The van der Waals surface area contributed by atoms with Crippen LogP contribution in [0.2, 0.25) is 0 Å². The highest BCUT2D eigenvalue weighted by Gasteiger charge is 2.08. The number of amides is 1. The second-order valence-electron chi connectivity index (χ2n) is 4.78. The van der Waals surface area contributed by atoms with E-state index in [-0.39, 0.29) is 5.91 Å². The normalized spacial score (nSPS) is 10.7. The first-order valence-corrected chi connectivity index (χ1v) is 6.57. The number of hydrogen-bond acceptors (Lipinski definition) is 3. The molecule has 0 radical (unpaired) electrons. The van der Waals surface area contributed by atoms with Gasteiger partial charge in [0.05, 0.1) is 5.52 Å². The molecule has 1 amide bonds. The van der Waals surface area contributed by atoms with E-state index in [4.69, 9.17) is 4.42 Å². The van der Waals surface area contributed by atoms with Crippen molar-refractivity contribution >= 4 is 17.0 Å². The van der Waals surface area contributed by atoms with E-state index in [1.54, 1.807) is 25.2 Å². The molecule has 0 fully saturated rings. The molecular weight excluding hydrogens is 268 g/mol. The van der Waals surface area contributed by atoms with Crippen molar-refractivity contribution in [2.75, 3.05) is 0 Å². The maximum Gasteiger partial charge on any atom is 0.419 e. The molecule has 21 heavy (non-hydrogen) atoms. The first kappa shape index (κ1) is 13.2. The van der Waals surface area contributed by atoms with Crippen LogP contribution < -0.4 is 11.1 Å². The summed E-state index contributed by atoms with van der Waals surface area (Å²) in [7, 11) is 1.65. The van der Waals surface area contributed by atoms with Gasteiger partial charge < -0.3 is 9.73 Å². The van der Waals surface area contributed by atoms with Crippen molar-refractivity contribution in [3.63, 3.8) is 0 Å². The molecule has 0 spiro atoms. The summed E-state index contributed by atoms with van der Waals surface area (Å²) in [6, 6.07) is 14.4. The Bertz CT molecular complexity index is 847. The molecule has 106 valence electrons. The average Bonchev–Trinajstić information content (AvgIpc) is 2.80. The van der Waals surface area contributed by atoms with Crippen molar-refractivity contribution < 1.29 is 9.21 Å². The third-order valence-corrected chi connectivity index (χ3v) is 3.34. The Morgan fingerprint density at radius 2 is 1.95 bits per heavy atom. The Morgan fingerprint density at radius 1 is 1.19 bits per heavy atom. The summed E-state index contributed by atoms with van der Waals surface area (Å²) >= 11 is 0. The molecule has 0 bridgehead atoms. The molecule has 0 aliphatic rings. The van der Waals surface area contributed by atoms with Gasteiger partial charge in [0.25, 0.3) is 5.91 Å². The van der Waals surface area contributed by atoms with E-state index in [9.17, 15) is 9.59 Å². The molecule has 5 heteroatoms. The van der Waals surface area contributed by atoms with Crippen LogP contribution in [0.25, 0.3) is 11.1 Å². The van der Waals surface area contributed by atoms with E-state index in [0.29, 0.717) is 23.2 Å². The molecule has 0 aliphatic heterocycles. The van der Waals surface area contributed by atoms with E-state index in [1.165, 1.54) is 4.57 Å². The van der Waals surface area contributed by atoms with E-state index >= 15 is 0 Å². The number of aryl methyl sites for hydroxylation is 1. The fourth-order valence-electron chi connectivity index (χ4n) is 2.16. The van der Waals surface area contributed by atoms with Gasteiger partial charge in [0.15, 0.2) is 5.58 Å². The molecule has 0 saturated heterocycles. The van der Waals surface area contributed by atoms with Crippen molar-refractivity contribution in [2.24, 2.45) is 7.05 Å². The summed E-state index contributed by atoms with van der Waals surface area (Å²) < 4.78 is 6.51. The van der Waals surface area contributed by atoms with E-state index in [2.05, 4.69) is 5.32 Å². The number of hydrogen-bond donors (Lipinski definition) is 1. The van der Waals surface area contributed by atoms with Crippen LogP contribution in [-0.2, 0) is 13.6 Å². The lowest BCUT2D eigenvalue weighted by atomic mass is 10.2. The molecule has 3 rings (SSSR count). The van der Waals surface area contributed by atoms with Crippen LogP contribution in [0.4, 0.5) is 0 Å². The van der Waals surface area contributed by atoms with Gasteiger partial charge in [-0.25, -0.2) is 4.79 Å². The SMILES string of the molecule is Cn1c(=O)oc2ccc(CNC(=O)c3ccccc3)cc21. The Morgan fingerprint density at radius 3 is 2.71 bits per heavy atom. The van der Waals surface area contributed by atoms with Crippen LogP contribution in [0, 0.1) is 0 Å². The number of carbonyl (C=O) groups is 1. The zero-order chi connectivity index (χ0) is 14.8. The van der Waals surface area contributed by atoms with Gasteiger partial charge in [-0.05, 0) is 29.8 Å². The van der Waals surface area contributed by atoms with Gasteiger partial charge in [0, 0.05) is 19.2 Å². The monoisotopic (exact) mass is 282 g/mol. The largest absolute Gasteiger partial charge is 0.419 e. The van der Waals surface area contributed by atoms with Crippen molar-refractivity contribution in [2.45, 2.75) is 6.54 Å². The number of nitrogens with zero attached hydrogens (tertiary/aromatic N) is 1. The Kier molecular flexibility index (Phi) is 3.31. The van der Waals surface area contributed by atoms with Gasteiger partial charge in [0.1, 0.15) is 0 Å². The Balaban J connectivity index is 1.78. The summed E-state index contributed by atoms with van der Waals surface area (Å²) in [6.45, 7) is 0.392. The third kappa shape index (κ3) is 2.58. The van der Waals surface area contributed by atoms with Crippen molar-refractivity contribution in [1.82, 2.24) is 9.88 Å². The predicted octanol–water partition coefficient (Wildman–Crippen LogP) is 2.06. The molecule has 1 N–H and O–H groups in total. The molecule has 3 aromatic rings. The molecule has 5 nitrogen and oxygen atoms in total. The molecule has 0 aliphatic carbocycles. The maximum absolute atomic E-state index is 12.0. The van der Waals surface area contributed by atoms with Crippen LogP contribution in [0.5, 0.6) is 0 Å². The van der Waals surface area contributed by atoms with Gasteiger partial charge in [0.2, 0.25) is 0 Å². The van der Waals surface area contributed by atoms with E-state index < -0.39 is 5.76 Å². The van der Waals surface area contributed by atoms with Crippen molar-refractivity contribution in [3.8, 4) is 0 Å². The molecule has 0 saturated carbocycles. The number of aromatic nitrogens is 1. The number of nitrogens with one attached hydrogen (secondary N) is 1. The minimum atomic E-state index is -0.393. The molecule has 1 heterocycles. The maximum atomic E-state index is 12.0. The first-order chi connectivity index (χ1) is 10.1. The lowest BCUT2D eigenvalue weighted by Gasteiger charge is -2.05. The second-order valence-corrected chi connectivity index (χ2v) is 4.78. The minimum Gasteiger partial charge on any atom is -0.408 e. The Labute approximate surface area is 120 Å². The number of carbonyl (C=O) groups excluding carboxylic acids is 1. The van der Waals surface area contributed by atoms with Crippen LogP contribution >= 0.6 is 0 Å².